The van der Waals surface area contributed by atoms with E-state index in [9.17, 15) is 8.42 Å². The van der Waals surface area contributed by atoms with Gasteiger partial charge >= 0.3 is 0 Å². The molecule has 1 fully saturated rings. The molecule has 6 nitrogen and oxygen atoms in total. The van der Waals surface area contributed by atoms with E-state index in [0.29, 0.717) is 30.1 Å². The Kier molecular flexibility index (Phi) is 3.91. The summed E-state index contributed by atoms with van der Waals surface area (Å²) in [7, 11) is -3.36. The zero-order chi connectivity index (χ0) is 13.2. The summed E-state index contributed by atoms with van der Waals surface area (Å²) in [6, 6.07) is 3.38. The van der Waals surface area contributed by atoms with Crippen LogP contribution in [-0.2, 0) is 10.0 Å². The maximum absolute atomic E-state index is 12.3. The van der Waals surface area contributed by atoms with Crippen molar-refractivity contribution in [2.75, 3.05) is 13.1 Å². The topological polar surface area (TPSA) is 86.1 Å². The molecule has 1 saturated heterocycles. The zero-order valence-electron chi connectivity index (χ0n) is 9.98. The van der Waals surface area contributed by atoms with Crippen LogP contribution in [0.3, 0.4) is 0 Å². The molecule has 1 aromatic heterocycles. The monoisotopic (exact) mass is 286 g/mol. The summed E-state index contributed by atoms with van der Waals surface area (Å²) < 4.78 is 26.5. The summed E-state index contributed by atoms with van der Waals surface area (Å²) in [5, 5.41) is 3.64. The molecule has 2 rings (SSSR count). The molecule has 0 radical (unpaired) electrons. The van der Waals surface area contributed by atoms with Gasteiger partial charge in [-0.25, -0.2) is 8.42 Å². The van der Waals surface area contributed by atoms with E-state index in [4.69, 9.17) is 5.53 Å². The lowest BCUT2D eigenvalue weighted by Crippen LogP contribution is -2.39. The van der Waals surface area contributed by atoms with E-state index in [0.717, 1.165) is 4.88 Å². The number of nitrogens with zero attached hydrogens (tertiary/aromatic N) is 4. The number of aryl methyl sites for hydroxylation is 1. The van der Waals surface area contributed by atoms with Gasteiger partial charge in [-0.3, -0.25) is 0 Å². The molecule has 98 valence electrons. The molecule has 0 saturated carbocycles. The molecule has 8 heteroatoms. The molecule has 0 spiro atoms. The number of sulfonamides is 1. The minimum absolute atomic E-state index is 0.0773. The first kappa shape index (κ1) is 13.4. The first-order valence-electron chi connectivity index (χ1n) is 5.65. The van der Waals surface area contributed by atoms with Crippen LogP contribution in [0.25, 0.3) is 10.4 Å². The second-order valence-corrected chi connectivity index (χ2v) is 7.66. The van der Waals surface area contributed by atoms with Crippen molar-refractivity contribution in [1.29, 1.82) is 0 Å². The predicted octanol–water partition coefficient (Wildman–Crippen LogP) is 2.52. The van der Waals surface area contributed by atoms with Crippen molar-refractivity contribution in [2.45, 2.75) is 30.0 Å². The number of piperidine rings is 1. The molecule has 0 bridgehead atoms. The normalized spacial score (nSPS) is 18.5. The summed E-state index contributed by atoms with van der Waals surface area (Å²) in [6.07, 6.45) is 1.18. The minimum atomic E-state index is -3.36. The summed E-state index contributed by atoms with van der Waals surface area (Å²) >= 11 is 1.29. The quantitative estimate of drug-likeness (QED) is 0.485. The Morgan fingerprint density at radius 1 is 1.44 bits per heavy atom. The van der Waals surface area contributed by atoms with Crippen LogP contribution in [0.1, 0.15) is 17.7 Å². The lowest BCUT2D eigenvalue weighted by Gasteiger charge is -2.28. The molecular formula is C10H14N4O2S2. The SMILES string of the molecule is Cc1ccc(S(=O)(=O)N2CCC(N=[N+]=[N-])CC2)s1. The average Bonchev–Trinajstić information content (AvgIpc) is 2.78. The fourth-order valence-electron chi connectivity index (χ4n) is 1.95. The van der Waals surface area contributed by atoms with E-state index >= 15 is 0 Å². The van der Waals surface area contributed by atoms with Crippen LogP contribution >= 0.6 is 11.3 Å². The second kappa shape index (κ2) is 5.27. The third-order valence-electron chi connectivity index (χ3n) is 2.95. The third-order valence-corrected chi connectivity index (χ3v) is 6.31. The van der Waals surface area contributed by atoms with Crippen LogP contribution in [0.4, 0.5) is 0 Å². The van der Waals surface area contributed by atoms with E-state index < -0.39 is 10.0 Å². The second-order valence-electron chi connectivity index (χ2n) is 4.21. The molecule has 1 aliphatic rings. The Morgan fingerprint density at radius 3 is 2.61 bits per heavy atom. The molecule has 0 aliphatic carbocycles. The first-order valence-corrected chi connectivity index (χ1v) is 7.90. The number of thiophene rings is 1. The van der Waals surface area contributed by atoms with Gasteiger partial charge < -0.3 is 0 Å². The summed E-state index contributed by atoms with van der Waals surface area (Å²) in [5.41, 5.74) is 8.35. The van der Waals surface area contributed by atoms with Crippen molar-refractivity contribution in [1.82, 2.24) is 4.31 Å². The van der Waals surface area contributed by atoms with E-state index in [-0.39, 0.29) is 6.04 Å². The number of azide groups is 1. The van der Waals surface area contributed by atoms with Crippen molar-refractivity contribution in [2.24, 2.45) is 5.11 Å². The molecule has 0 aromatic carbocycles. The minimum Gasteiger partial charge on any atom is -0.206 e. The molecule has 0 atom stereocenters. The fourth-order valence-corrected chi connectivity index (χ4v) is 4.86. The molecule has 18 heavy (non-hydrogen) atoms. The molecule has 1 aliphatic heterocycles. The third kappa shape index (κ3) is 2.67. The van der Waals surface area contributed by atoms with Gasteiger partial charge in [-0.1, -0.05) is 5.11 Å². The summed E-state index contributed by atoms with van der Waals surface area (Å²) in [6.45, 7) is 2.73. The van der Waals surface area contributed by atoms with Crippen LogP contribution in [0.15, 0.2) is 21.5 Å². The summed E-state index contributed by atoms with van der Waals surface area (Å²) in [4.78, 5) is 3.75. The maximum Gasteiger partial charge on any atom is 0.252 e. The Balaban J connectivity index is 2.11. The smallest absolute Gasteiger partial charge is 0.206 e. The lowest BCUT2D eigenvalue weighted by atomic mass is 10.1. The van der Waals surface area contributed by atoms with Gasteiger partial charge in [0.15, 0.2) is 0 Å². The molecule has 0 amide bonds. The van der Waals surface area contributed by atoms with Crippen LogP contribution in [0, 0.1) is 6.92 Å². The largest absolute Gasteiger partial charge is 0.252 e. The van der Waals surface area contributed by atoms with Gasteiger partial charge in [0.2, 0.25) is 0 Å². The lowest BCUT2D eigenvalue weighted by molar-refractivity contribution is 0.320. The van der Waals surface area contributed by atoms with E-state index in [1.54, 1.807) is 6.07 Å². The standard InChI is InChI=1S/C10H14N4O2S2/c1-8-2-3-10(17-8)18(15,16)14-6-4-9(5-7-14)12-13-11/h2-3,9H,4-7H2,1H3. The van der Waals surface area contributed by atoms with Gasteiger partial charge in [0.05, 0.1) is 0 Å². The van der Waals surface area contributed by atoms with Crippen LogP contribution in [-0.4, -0.2) is 31.9 Å². The highest BCUT2D eigenvalue weighted by Gasteiger charge is 2.29. The Hall–Kier alpha value is -1.08. The molecule has 0 N–H and O–H groups in total. The predicted molar refractivity (Wildman–Crippen MR) is 70.0 cm³/mol. The van der Waals surface area contributed by atoms with Crippen molar-refractivity contribution in [3.63, 3.8) is 0 Å². The Morgan fingerprint density at radius 2 is 2.11 bits per heavy atom. The maximum atomic E-state index is 12.3. The highest BCUT2D eigenvalue weighted by Crippen LogP contribution is 2.27. The van der Waals surface area contributed by atoms with Gasteiger partial charge in [-0.2, -0.15) is 4.31 Å². The average molecular weight is 286 g/mol. The van der Waals surface area contributed by atoms with Crippen molar-refractivity contribution in [3.8, 4) is 0 Å². The van der Waals surface area contributed by atoms with Gasteiger partial charge in [-0.15, -0.1) is 11.3 Å². The Labute approximate surface area is 110 Å². The molecule has 2 heterocycles. The van der Waals surface area contributed by atoms with Crippen LogP contribution < -0.4 is 0 Å². The van der Waals surface area contributed by atoms with E-state index in [1.807, 2.05) is 13.0 Å². The zero-order valence-corrected chi connectivity index (χ0v) is 11.6. The number of hydrogen-bond donors (Lipinski definition) is 0. The van der Waals surface area contributed by atoms with Crippen molar-refractivity contribution in [3.05, 3.63) is 27.5 Å². The highest BCUT2D eigenvalue weighted by molar-refractivity contribution is 7.91. The number of rotatable bonds is 3. The van der Waals surface area contributed by atoms with Crippen LogP contribution in [0.5, 0.6) is 0 Å². The van der Waals surface area contributed by atoms with Crippen molar-refractivity contribution < 1.29 is 8.42 Å². The van der Waals surface area contributed by atoms with Gasteiger partial charge in [0, 0.05) is 28.9 Å². The van der Waals surface area contributed by atoms with Gasteiger partial charge in [0.25, 0.3) is 10.0 Å². The van der Waals surface area contributed by atoms with Crippen LogP contribution in [0.2, 0.25) is 0 Å². The summed E-state index contributed by atoms with van der Waals surface area (Å²) in [5.74, 6) is 0. The molecule has 0 unspecified atom stereocenters. The van der Waals surface area contributed by atoms with E-state index in [2.05, 4.69) is 10.0 Å². The van der Waals surface area contributed by atoms with Gasteiger partial charge in [-0.05, 0) is 37.4 Å². The molecular weight excluding hydrogens is 272 g/mol. The molecule has 1 aromatic rings. The van der Waals surface area contributed by atoms with E-state index in [1.165, 1.54) is 15.6 Å². The van der Waals surface area contributed by atoms with Gasteiger partial charge in [0.1, 0.15) is 4.21 Å². The van der Waals surface area contributed by atoms with Crippen molar-refractivity contribution >= 4 is 21.4 Å². The Bertz CT molecular complexity index is 566. The fraction of sp³-hybridized carbons (Fsp3) is 0.600. The first-order chi connectivity index (χ1) is 8.54. The highest BCUT2D eigenvalue weighted by atomic mass is 32.2. The number of hydrogen-bond acceptors (Lipinski definition) is 4.